The molecule has 2 heterocycles. The molecule has 2 N–H and O–H groups in total. The number of aryl methyl sites for hydroxylation is 1. The second-order valence-corrected chi connectivity index (χ2v) is 4.73. The highest BCUT2D eigenvalue weighted by Gasteiger charge is 2.35. The van der Waals surface area contributed by atoms with Crippen molar-refractivity contribution in [1.29, 1.82) is 0 Å². The summed E-state index contributed by atoms with van der Waals surface area (Å²) in [5, 5.41) is 9.47. The number of hydrogen-bond donors (Lipinski definition) is 2. The van der Waals surface area contributed by atoms with Gasteiger partial charge in [-0.1, -0.05) is 6.92 Å². The van der Waals surface area contributed by atoms with Gasteiger partial charge in [-0.2, -0.15) is 0 Å². The smallest absolute Gasteiger partial charge is 0.291 e. The fourth-order valence-corrected chi connectivity index (χ4v) is 2.03. The van der Waals surface area contributed by atoms with E-state index >= 15 is 0 Å². The van der Waals surface area contributed by atoms with Crippen molar-refractivity contribution >= 4 is 5.91 Å². The van der Waals surface area contributed by atoms with Crippen LogP contribution in [0.1, 0.15) is 36.2 Å². The maximum absolute atomic E-state index is 11.9. The Bertz CT molecular complexity index is 426. The van der Waals surface area contributed by atoms with E-state index in [0.717, 1.165) is 25.1 Å². The van der Waals surface area contributed by atoms with Gasteiger partial charge in [-0.3, -0.25) is 9.89 Å². The molecule has 1 amide bonds. The first-order valence-corrected chi connectivity index (χ1v) is 6.51. The zero-order valence-corrected chi connectivity index (χ0v) is 11.4. The van der Waals surface area contributed by atoms with Gasteiger partial charge < -0.3 is 14.8 Å². The van der Waals surface area contributed by atoms with Gasteiger partial charge in [0.2, 0.25) is 5.82 Å². The Morgan fingerprint density at radius 1 is 1.63 bits per heavy atom. The van der Waals surface area contributed by atoms with Gasteiger partial charge in [0, 0.05) is 33.1 Å². The van der Waals surface area contributed by atoms with E-state index in [0.29, 0.717) is 19.8 Å². The quantitative estimate of drug-likeness (QED) is 0.774. The SMILES string of the molecule is CCCc1nc(C(=O)NCC2(OC)CCOC2)n[nH]1. The lowest BCUT2D eigenvalue weighted by atomic mass is 10.0. The molecule has 0 aliphatic carbocycles. The maximum atomic E-state index is 11.9. The van der Waals surface area contributed by atoms with E-state index in [-0.39, 0.29) is 11.7 Å². The third-order valence-corrected chi connectivity index (χ3v) is 3.29. The first-order valence-electron chi connectivity index (χ1n) is 6.51. The zero-order chi connectivity index (χ0) is 13.7. The molecule has 7 nitrogen and oxygen atoms in total. The van der Waals surface area contributed by atoms with Crippen molar-refractivity contribution < 1.29 is 14.3 Å². The highest BCUT2D eigenvalue weighted by atomic mass is 16.5. The number of methoxy groups -OCH3 is 1. The fraction of sp³-hybridized carbons (Fsp3) is 0.750. The van der Waals surface area contributed by atoms with Gasteiger partial charge in [0.05, 0.1) is 6.61 Å². The van der Waals surface area contributed by atoms with Crippen molar-refractivity contribution in [1.82, 2.24) is 20.5 Å². The molecule has 0 saturated carbocycles. The van der Waals surface area contributed by atoms with Gasteiger partial charge in [0.25, 0.3) is 5.91 Å². The van der Waals surface area contributed by atoms with Gasteiger partial charge >= 0.3 is 0 Å². The number of nitrogens with one attached hydrogen (secondary N) is 2. The topological polar surface area (TPSA) is 89.1 Å². The summed E-state index contributed by atoms with van der Waals surface area (Å²) in [6.07, 6.45) is 2.52. The van der Waals surface area contributed by atoms with Crippen LogP contribution in [0.3, 0.4) is 0 Å². The largest absolute Gasteiger partial charge is 0.378 e. The van der Waals surface area contributed by atoms with Crippen LogP contribution in [0.2, 0.25) is 0 Å². The number of rotatable bonds is 6. The highest BCUT2D eigenvalue weighted by molar-refractivity contribution is 5.90. The van der Waals surface area contributed by atoms with Crippen molar-refractivity contribution in [3.8, 4) is 0 Å². The van der Waals surface area contributed by atoms with Crippen LogP contribution in [0.15, 0.2) is 0 Å². The number of aromatic nitrogens is 3. The number of aromatic amines is 1. The van der Waals surface area contributed by atoms with Crippen LogP contribution < -0.4 is 5.32 Å². The molecular weight excluding hydrogens is 248 g/mol. The minimum absolute atomic E-state index is 0.175. The number of carbonyl (C=O) groups excluding carboxylic acids is 1. The predicted molar refractivity (Wildman–Crippen MR) is 67.9 cm³/mol. The van der Waals surface area contributed by atoms with Crippen molar-refractivity contribution in [2.45, 2.75) is 31.8 Å². The molecular formula is C12H20N4O3. The maximum Gasteiger partial charge on any atom is 0.291 e. The van der Waals surface area contributed by atoms with Crippen LogP contribution in [0.4, 0.5) is 0 Å². The molecule has 1 unspecified atom stereocenters. The molecule has 1 saturated heterocycles. The summed E-state index contributed by atoms with van der Waals surface area (Å²) < 4.78 is 10.8. The second kappa shape index (κ2) is 6.12. The van der Waals surface area contributed by atoms with E-state index in [4.69, 9.17) is 9.47 Å². The Kier molecular flexibility index (Phi) is 4.49. The van der Waals surface area contributed by atoms with Crippen molar-refractivity contribution in [3.05, 3.63) is 11.6 Å². The average molecular weight is 268 g/mol. The molecule has 2 rings (SSSR count). The summed E-state index contributed by atoms with van der Waals surface area (Å²) in [4.78, 5) is 16.1. The third kappa shape index (κ3) is 3.30. The van der Waals surface area contributed by atoms with Crippen LogP contribution in [-0.2, 0) is 15.9 Å². The van der Waals surface area contributed by atoms with E-state index in [9.17, 15) is 4.79 Å². The molecule has 0 bridgehead atoms. The van der Waals surface area contributed by atoms with Crippen molar-refractivity contribution in [2.24, 2.45) is 0 Å². The van der Waals surface area contributed by atoms with E-state index in [1.165, 1.54) is 0 Å². The average Bonchev–Trinajstić information content (AvgIpc) is 3.06. The van der Waals surface area contributed by atoms with Crippen molar-refractivity contribution in [2.75, 3.05) is 26.9 Å². The van der Waals surface area contributed by atoms with Gasteiger partial charge in [-0.05, 0) is 6.42 Å². The predicted octanol–water partition coefficient (Wildman–Crippen LogP) is 0.292. The fourth-order valence-electron chi connectivity index (χ4n) is 2.03. The molecule has 19 heavy (non-hydrogen) atoms. The zero-order valence-electron chi connectivity index (χ0n) is 11.4. The molecule has 0 radical (unpaired) electrons. The van der Waals surface area contributed by atoms with Crippen molar-refractivity contribution in [3.63, 3.8) is 0 Å². The van der Waals surface area contributed by atoms with Crippen LogP contribution in [0.25, 0.3) is 0 Å². The third-order valence-electron chi connectivity index (χ3n) is 3.29. The van der Waals surface area contributed by atoms with Gasteiger partial charge in [-0.15, -0.1) is 5.10 Å². The molecule has 7 heteroatoms. The van der Waals surface area contributed by atoms with Crippen LogP contribution in [-0.4, -0.2) is 53.6 Å². The minimum atomic E-state index is -0.418. The van der Waals surface area contributed by atoms with Gasteiger partial charge in [-0.25, -0.2) is 4.98 Å². The lowest BCUT2D eigenvalue weighted by Gasteiger charge is -2.25. The summed E-state index contributed by atoms with van der Waals surface area (Å²) >= 11 is 0. The minimum Gasteiger partial charge on any atom is -0.378 e. The first kappa shape index (κ1) is 14.0. The number of amides is 1. The summed E-state index contributed by atoms with van der Waals surface area (Å²) in [6, 6.07) is 0. The Balaban J connectivity index is 1.89. The van der Waals surface area contributed by atoms with E-state index in [1.54, 1.807) is 7.11 Å². The van der Waals surface area contributed by atoms with E-state index < -0.39 is 5.60 Å². The summed E-state index contributed by atoms with van der Waals surface area (Å²) in [6.45, 7) is 3.61. The highest BCUT2D eigenvalue weighted by Crippen LogP contribution is 2.21. The number of nitrogens with zero attached hydrogens (tertiary/aromatic N) is 2. The second-order valence-electron chi connectivity index (χ2n) is 4.73. The molecule has 1 atom stereocenters. The first-order chi connectivity index (χ1) is 9.19. The molecule has 0 aromatic carbocycles. The molecule has 1 aromatic rings. The Morgan fingerprint density at radius 2 is 2.47 bits per heavy atom. The normalized spacial score (nSPS) is 22.6. The van der Waals surface area contributed by atoms with E-state index in [1.807, 2.05) is 6.92 Å². The molecule has 0 spiro atoms. The monoisotopic (exact) mass is 268 g/mol. The molecule has 1 fully saturated rings. The Labute approximate surface area is 112 Å². The summed E-state index contributed by atoms with van der Waals surface area (Å²) in [7, 11) is 1.63. The lowest BCUT2D eigenvalue weighted by Crippen LogP contribution is -2.45. The Morgan fingerprint density at radius 3 is 3.11 bits per heavy atom. The van der Waals surface area contributed by atoms with Crippen LogP contribution in [0.5, 0.6) is 0 Å². The number of hydrogen-bond acceptors (Lipinski definition) is 5. The van der Waals surface area contributed by atoms with Crippen LogP contribution in [0, 0.1) is 0 Å². The number of carbonyl (C=O) groups is 1. The van der Waals surface area contributed by atoms with E-state index in [2.05, 4.69) is 20.5 Å². The molecule has 1 aliphatic rings. The summed E-state index contributed by atoms with van der Waals surface area (Å²) in [5.74, 6) is 0.619. The van der Waals surface area contributed by atoms with Crippen LogP contribution >= 0.6 is 0 Å². The lowest BCUT2D eigenvalue weighted by molar-refractivity contribution is -0.0149. The number of ether oxygens (including phenoxy) is 2. The molecule has 106 valence electrons. The van der Waals surface area contributed by atoms with Gasteiger partial charge in [0.1, 0.15) is 11.4 Å². The Hall–Kier alpha value is -1.47. The molecule has 1 aromatic heterocycles. The van der Waals surface area contributed by atoms with Gasteiger partial charge in [0.15, 0.2) is 0 Å². The summed E-state index contributed by atoms with van der Waals surface area (Å²) in [5.41, 5.74) is -0.418. The number of H-pyrrole nitrogens is 1. The molecule has 1 aliphatic heterocycles. The standard InChI is InChI=1S/C12H20N4O3/c1-3-4-9-14-10(16-15-9)11(17)13-7-12(18-2)5-6-19-8-12/h3-8H2,1-2H3,(H,13,17)(H,14,15,16).